The van der Waals surface area contributed by atoms with Crippen LogP contribution in [0.4, 0.5) is 11.5 Å². The van der Waals surface area contributed by atoms with Crippen molar-refractivity contribution < 1.29 is 14.3 Å². The predicted octanol–water partition coefficient (Wildman–Crippen LogP) is 2.53. The molecule has 0 unspecified atom stereocenters. The summed E-state index contributed by atoms with van der Waals surface area (Å²) in [5, 5.41) is 8.93. The Kier molecular flexibility index (Phi) is 5.87. The Morgan fingerprint density at radius 3 is 2.63 bits per heavy atom. The van der Waals surface area contributed by atoms with Crippen LogP contribution in [0.5, 0.6) is 5.75 Å². The smallest absolute Gasteiger partial charge is 0.275 e. The number of fused-ring (bicyclic) bond motifs is 1. The molecule has 1 aliphatic rings. The molecule has 3 aromatic rings. The summed E-state index contributed by atoms with van der Waals surface area (Å²) in [6.45, 7) is 2.31. The Bertz CT molecular complexity index is 1140. The van der Waals surface area contributed by atoms with Crippen LogP contribution in [0.1, 0.15) is 0 Å². The quantitative estimate of drug-likeness (QED) is 0.672. The van der Waals surface area contributed by atoms with Gasteiger partial charge >= 0.3 is 0 Å². The molecule has 1 N–H and O–H groups in total. The number of benzene rings is 2. The molecule has 0 radical (unpaired) electrons. The Morgan fingerprint density at radius 1 is 1.20 bits per heavy atom. The number of carbonyl (C=O) groups is 1. The maximum absolute atomic E-state index is 12.9. The molecule has 1 saturated heterocycles. The Morgan fingerprint density at radius 2 is 1.93 bits per heavy atom. The monoisotopic (exact) mass is 428 g/mol. The molecule has 1 aromatic heterocycles. The van der Waals surface area contributed by atoms with E-state index in [0.29, 0.717) is 54.0 Å². The zero-order valence-electron chi connectivity index (χ0n) is 16.4. The lowest BCUT2D eigenvalue weighted by Gasteiger charge is -2.29. The van der Waals surface area contributed by atoms with Crippen LogP contribution in [0, 0.1) is 0 Å². The number of nitrogens with one attached hydrogen (secondary N) is 1. The Labute approximate surface area is 177 Å². The maximum Gasteiger partial charge on any atom is 0.275 e. The Balaban J connectivity index is 1.63. The van der Waals surface area contributed by atoms with Crippen LogP contribution >= 0.6 is 11.6 Å². The summed E-state index contributed by atoms with van der Waals surface area (Å²) >= 11 is 6.11. The topological polar surface area (TPSA) is 85.7 Å². The fourth-order valence-electron chi connectivity index (χ4n) is 3.41. The molecule has 30 heavy (non-hydrogen) atoms. The van der Waals surface area contributed by atoms with Gasteiger partial charge in [0, 0.05) is 24.2 Å². The third-order valence-electron chi connectivity index (χ3n) is 4.89. The molecular formula is C21H21ClN4O4. The number of morpholine rings is 1. The molecule has 0 bridgehead atoms. The van der Waals surface area contributed by atoms with Gasteiger partial charge in [0.25, 0.3) is 5.56 Å². The van der Waals surface area contributed by atoms with Crippen molar-refractivity contribution in [2.75, 3.05) is 43.6 Å². The van der Waals surface area contributed by atoms with Gasteiger partial charge in [-0.1, -0.05) is 29.8 Å². The van der Waals surface area contributed by atoms with Crippen LogP contribution in [-0.4, -0.2) is 49.1 Å². The zero-order chi connectivity index (χ0) is 21.1. The minimum Gasteiger partial charge on any atom is -0.495 e. The van der Waals surface area contributed by atoms with Crippen LogP contribution < -0.4 is 20.5 Å². The summed E-state index contributed by atoms with van der Waals surface area (Å²) in [5.74, 6) is 0.806. The minimum absolute atomic E-state index is 0.218. The molecule has 4 rings (SSSR count). The maximum atomic E-state index is 12.9. The second-order valence-corrected chi connectivity index (χ2v) is 7.24. The summed E-state index contributed by atoms with van der Waals surface area (Å²) in [7, 11) is 1.52. The second kappa shape index (κ2) is 8.73. The van der Waals surface area contributed by atoms with E-state index < -0.39 is 0 Å². The lowest BCUT2D eigenvalue weighted by atomic mass is 10.1. The third-order valence-corrected chi connectivity index (χ3v) is 5.18. The normalized spacial score (nSPS) is 14.0. The van der Waals surface area contributed by atoms with Crippen molar-refractivity contribution in [3.63, 3.8) is 0 Å². The lowest BCUT2D eigenvalue weighted by Crippen LogP contribution is -2.39. The summed E-state index contributed by atoms with van der Waals surface area (Å²) in [6, 6.07) is 12.2. The highest BCUT2D eigenvalue weighted by Gasteiger charge is 2.19. The van der Waals surface area contributed by atoms with Crippen molar-refractivity contribution in [1.29, 1.82) is 0 Å². The fourth-order valence-corrected chi connectivity index (χ4v) is 3.67. The van der Waals surface area contributed by atoms with E-state index in [4.69, 9.17) is 21.1 Å². The number of amides is 1. The first-order chi connectivity index (χ1) is 14.6. The van der Waals surface area contributed by atoms with Gasteiger partial charge in [0.05, 0.1) is 30.7 Å². The van der Waals surface area contributed by atoms with Gasteiger partial charge in [0.1, 0.15) is 12.3 Å². The molecule has 1 aliphatic heterocycles. The first-order valence-electron chi connectivity index (χ1n) is 9.53. The van der Waals surface area contributed by atoms with Crippen molar-refractivity contribution in [2.24, 2.45) is 0 Å². The fraction of sp³-hybridized carbons (Fsp3) is 0.286. The van der Waals surface area contributed by atoms with Crippen molar-refractivity contribution in [3.05, 3.63) is 57.8 Å². The molecule has 0 saturated carbocycles. The summed E-state index contributed by atoms with van der Waals surface area (Å²) in [4.78, 5) is 27.6. The first-order valence-corrected chi connectivity index (χ1v) is 9.90. The number of carbonyl (C=O) groups excluding carboxylic acids is 1. The van der Waals surface area contributed by atoms with Crippen LogP contribution in [0.2, 0.25) is 5.02 Å². The van der Waals surface area contributed by atoms with Crippen LogP contribution in [0.25, 0.3) is 10.8 Å². The molecule has 0 spiro atoms. The van der Waals surface area contributed by atoms with E-state index in [1.807, 2.05) is 12.1 Å². The number of methoxy groups -OCH3 is 1. The molecule has 0 aliphatic carbocycles. The Hall–Kier alpha value is -3.10. The van der Waals surface area contributed by atoms with E-state index in [-0.39, 0.29) is 18.0 Å². The predicted molar refractivity (Wildman–Crippen MR) is 116 cm³/mol. The van der Waals surface area contributed by atoms with Crippen molar-refractivity contribution in [1.82, 2.24) is 9.78 Å². The standard InChI is InChI=1S/C21H21ClN4O4/c1-29-18-7-6-14(12-17(18)22)23-19(27)13-26-21(28)16-5-3-2-4-15(16)20(24-26)25-8-10-30-11-9-25/h2-7,12H,8-11,13H2,1H3,(H,23,27). The summed E-state index contributed by atoms with van der Waals surface area (Å²) in [5.41, 5.74) is 0.193. The largest absolute Gasteiger partial charge is 0.495 e. The van der Waals surface area contributed by atoms with Crippen molar-refractivity contribution in [3.8, 4) is 5.75 Å². The highest BCUT2D eigenvalue weighted by atomic mass is 35.5. The SMILES string of the molecule is COc1ccc(NC(=O)Cn2nc(N3CCOCC3)c3ccccc3c2=O)cc1Cl. The molecule has 8 nitrogen and oxygen atoms in total. The number of aromatic nitrogens is 2. The zero-order valence-corrected chi connectivity index (χ0v) is 17.2. The first kappa shape index (κ1) is 20.2. The number of nitrogens with zero attached hydrogens (tertiary/aromatic N) is 3. The van der Waals surface area contributed by atoms with Crippen LogP contribution in [0.15, 0.2) is 47.3 Å². The van der Waals surface area contributed by atoms with Gasteiger partial charge in [-0.2, -0.15) is 5.10 Å². The number of hydrogen-bond acceptors (Lipinski definition) is 6. The average molecular weight is 429 g/mol. The number of rotatable bonds is 5. The van der Waals surface area contributed by atoms with Gasteiger partial charge in [0.2, 0.25) is 5.91 Å². The van der Waals surface area contributed by atoms with Gasteiger partial charge in [-0.15, -0.1) is 0 Å². The number of anilines is 2. The van der Waals surface area contributed by atoms with E-state index in [9.17, 15) is 9.59 Å². The molecule has 2 heterocycles. The summed E-state index contributed by atoms with van der Waals surface area (Å²) < 4.78 is 11.7. The molecule has 156 valence electrons. The van der Waals surface area contributed by atoms with Gasteiger partial charge < -0.3 is 19.7 Å². The molecular weight excluding hydrogens is 408 g/mol. The van der Waals surface area contributed by atoms with Gasteiger partial charge in [-0.05, 0) is 24.3 Å². The van der Waals surface area contributed by atoms with Gasteiger partial charge in [-0.25, -0.2) is 4.68 Å². The van der Waals surface area contributed by atoms with Gasteiger partial charge in [-0.3, -0.25) is 9.59 Å². The van der Waals surface area contributed by atoms with E-state index in [2.05, 4.69) is 15.3 Å². The van der Waals surface area contributed by atoms with Crippen molar-refractivity contribution in [2.45, 2.75) is 6.54 Å². The third kappa shape index (κ3) is 4.10. The highest BCUT2D eigenvalue weighted by molar-refractivity contribution is 6.32. The number of halogens is 1. The van der Waals surface area contributed by atoms with Crippen LogP contribution in [-0.2, 0) is 16.1 Å². The molecule has 2 aromatic carbocycles. The molecule has 9 heteroatoms. The van der Waals surface area contributed by atoms with Crippen molar-refractivity contribution >= 4 is 39.8 Å². The van der Waals surface area contributed by atoms with E-state index in [1.165, 1.54) is 11.8 Å². The lowest BCUT2D eigenvalue weighted by molar-refractivity contribution is -0.117. The summed E-state index contributed by atoms with van der Waals surface area (Å²) in [6.07, 6.45) is 0. The molecule has 1 fully saturated rings. The van der Waals surface area contributed by atoms with Gasteiger partial charge in [0.15, 0.2) is 5.82 Å². The van der Waals surface area contributed by atoms with E-state index in [1.54, 1.807) is 30.3 Å². The molecule has 1 amide bonds. The number of ether oxygens (including phenoxy) is 2. The number of hydrogen-bond donors (Lipinski definition) is 1. The minimum atomic E-state index is -0.381. The van der Waals surface area contributed by atoms with E-state index in [0.717, 1.165) is 5.39 Å². The second-order valence-electron chi connectivity index (χ2n) is 6.83. The molecule has 0 atom stereocenters. The van der Waals surface area contributed by atoms with Crippen LogP contribution in [0.3, 0.4) is 0 Å². The van der Waals surface area contributed by atoms with E-state index >= 15 is 0 Å². The average Bonchev–Trinajstić information content (AvgIpc) is 2.76. The highest BCUT2D eigenvalue weighted by Crippen LogP contribution is 2.27.